The van der Waals surface area contributed by atoms with Gasteiger partial charge in [-0.3, -0.25) is 9.59 Å². The molecule has 8 heteroatoms. The fourth-order valence-corrected chi connectivity index (χ4v) is 3.35. The molecule has 0 radical (unpaired) electrons. The van der Waals surface area contributed by atoms with Crippen molar-refractivity contribution in [2.24, 2.45) is 5.92 Å². The highest BCUT2D eigenvalue weighted by Gasteiger charge is 2.40. The van der Waals surface area contributed by atoms with Gasteiger partial charge in [0.05, 0.1) is 11.8 Å². The lowest BCUT2D eigenvalue weighted by Crippen LogP contribution is -2.48. The molecular formula is C17H28ClN3O4. The summed E-state index contributed by atoms with van der Waals surface area (Å²) in [6, 6.07) is 0.0309. The maximum Gasteiger partial charge on any atom is 0.409 e. The zero-order chi connectivity index (χ0) is 18.6. The second kappa shape index (κ2) is 8.25. The third-order valence-corrected chi connectivity index (χ3v) is 4.86. The molecule has 25 heavy (non-hydrogen) atoms. The van der Waals surface area contributed by atoms with Crippen molar-refractivity contribution < 1.29 is 19.1 Å². The quantitative estimate of drug-likeness (QED) is 0.759. The molecule has 142 valence electrons. The number of hydrogen-bond acceptors (Lipinski definition) is 4. The van der Waals surface area contributed by atoms with Crippen molar-refractivity contribution in [3.05, 3.63) is 0 Å². The van der Waals surface area contributed by atoms with Crippen molar-refractivity contribution in [1.82, 2.24) is 15.1 Å². The van der Waals surface area contributed by atoms with E-state index in [0.29, 0.717) is 32.5 Å². The number of nitrogens with one attached hydrogen (secondary N) is 1. The number of hydrogen-bond donors (Lipinski definition) is 1. The number of ether oxygens (including phenoxy) is 1. The number of nitrogens with zero attached hydrogens (tertiary/aromatic N) is 2. The van der Waals surface area contributed by atoms with E-state index in [1.807, 2.05) is 20.8 Å². The lowest BCUT2D eigenvalue weighted by Gasteiger charge is -2.33. The average Bonchev–Trinajstić information content (AvgIpc) is 2.95. The van der Waals surface area contributed by atoms with Crippen LogP contribution >= 0.6 is 11.6 Å². The summed E-state index contributed by atoms with van der Waals surface area (Å²) in [5, 5.41) is 3.04. The normalized spacial score (nSPS) is 22.2. The first-order valence-electron chi connectivity index (χ1n) is 8.81. The summed E-state index contributed by atoms with van der Waals surface area (Å²) in [4.78, 5) is 39.8. The molecule has 0 spiro atoms. The van der Waals surface area contributed by atoms with Crippen LogP contribution in [0.4, 0.5) is 4.79 Å². The maximum atomic E-state index is 12.5. The monoisotopic (exact) mass is 373 g/mol. The smallest absolute Gasteiger partial charge is 0.409 e. The lowest BCUT2D eigenvalue weighted by atomic mass is 10.0. The van der Waals surface area contributed by atoms with Crippen molar-refractivity contribution in [2.45, 2.75) is 51.6 Å². The van der Waals surface area contributed by atoms with Gasteiger partial charge in [0, 0.05) is 37.6 Å². The number of carbonyl (C=O) groups is 3. The Hall–Kier alpha value is -1.50. The van der Waals surface area contributed by atoms with Gasteiger partial charge in [-0.05, 0) is 33.6 Å². The van der Waals surface area contributed by atoms with E-state index in [9.17, 15) is 14.4 Å². The van der Waals surface area contributed by atoms with Crippen LogP contribution in [0.5, 0.6) is 0 Å². The molecule has 7 nitrogen and oxygen atoms in total. The number of amides is 3. The van der Waals surface area contributed by atoms with Crippen LogP contribution in [-0.4, -0.2) is 71.4 Å². The molecule has 2 heterocycles. The van der Waals surface area contributed by atoms with Crippen LogP contribution in [0.15, 0.2) is 0 Å². The topological polar surface area (TPSA) is 79.0 Å². The van der Waals surface area contributed by atoms with Gasteiger partial charge in [0.25, 0.3) is 0 Å². The maximum absolute atomic E-state index is 12.5. The van der Waals surface area contributed by atoms with Crippen LogP contribution in [0.2, 0.25) is 0 Å². The Kier molecular flexibility index (Phi) is 6.54. The highest BCUT2D eigenvalue weighted by Crippen LogP contribution is 2.26. The first-order chi connectivity index (χ1) is 11.7. The number of piperidine rings is 1. The summed E-state index contributed by atoms with van der Waals surface area (Å²) < 4.78 is 5.01. The van der Waals surface area contributed by atoms with E-state index in [4.69, 9.17) is 16.3 Å². The van der Waals surface area contributed by atoms with Gasteiger partial charge in [0.15, 0.2) is 0 Å². The van der Waals surface area contributed by atoms with Gasteiger partial charge >= 0.3 is 6.09 Å². The fourth-order valence-electron chi connectivity index (χ4n) is 3.27. The number of carbonyl (C=O) groups excluding carboxylic acids is 3. The lowest BCUT2D eigenvalue weighted by molar-refractivity contribution is -0.132. The molecule has 0 aromatic heterocycles. The molecule has 0 bridgehead atoms. The molecule has 2 aliphatic heterocycles. The predicted octanol–water partition coefficient (Wildman–Crippen LogP) is 1.59. The zero-order valence-electron chi connectivity index (χ0n) is 15.2. The second-order valence-electron chi connectivity index (χ2n) is 7.65. The molecule has 2 rings (SSSR count). The second-order valence-corrected chi connectivity index (χ2v) is 8.03. The van der Waals surface area contributed by atoms with Gasteiger partial charge in [-0.2, -0.15) is 0 Å². The Labute approximate surface area is 154 Å². The van der Waals surface area contributed by atoms with Crippen LogP contribution in [0.1, 0.15) is 40.0 Å². The first-order valence-corrected chi connectivity index (χ1v) is 9.34. The SMILES string of the molecule is CC(C)(C)N1CC(C(=O)NC2CCN(C(=O)OCCCl)CC2)CC1=O. The molecule has 2 saturated heterocycles. The molecule has 2 fully saturated rings. The Balaban J connectivity index is 1.78. The highest BCUT2D eigenvalue weighted by molar-refractivity contribution is 6.18. The van der Waals surface area contributed by atoms with Gasteiger partial charge in [-0.1, -0.05) is 0 Å². The summed E-state index contributed by atoms with van der Waals surface area (Å²) in [5.74, 6) is -0.0459. The van der Waals surface area contributed by atoms with Crippen LogP contribution in [0.25, 0.3) is 0 Å². The molecule has 0 saturated carbocycles. The number of halogens is 1. The minimum atomic E-state index is -0.354. The van der Waals surface area contributed by atoms with E-state index < -0.39 is 0 Å². The minimum absolute atomic E-state index is 0.0309. The Morgan fingerprint density at radius 2 is 1.92 bits per heavy atom. The highest BCUT2D eigenvalue weighted by atomic mass is 35.5. The van der Waals surface area contributed by atoms with Crippen LogP contribution in [-0.2, 0) is 14.3 Å². The van der Waals surface area contributed by atoms with Crippen LogP contribution in [0.3, 0.4) is 0 Å². The summed E-state index contributed by atoms with van der Waals surface area (Å²) in [6.45, 7) is 7.70. The Bertz CT molecular complexity index is 513. The molecule has 0 aliphatic carbocycles. The van der Waals surface area contributed by atoms with Crippen LogP contribution in [0, 0.1) is 5.92 Å². The third kappa shape index (κ3) is 5.23. The first kappa shape index (κ1) is 19.8. The van der Waals surface area contributed by atoms with Crippen molar-refractivity contribution in [3.63, 3.8) is 0 Å². The molecule has 3 amide bonds. The molecular weight excluding hydrogens is 346 g/mol. The van der Waals surface area contributed by atoms with Crippen molar-refractivity contribution in [1.29, 1.82) is 0 Å². The summed E-state index contributed by atoms with van der Waals surface area (Å²) >= 11 is 5.51. The molecule has 0 aromatic carbocycles. The average molecular weight is 374 g/mol. The van der Waals surface area contributed by atoms with Gasteiger partial charge < -0.3 is 19.9 Å². The van der Waals surface area contributed by atoms with Crippen molar-refractivity contribution in [2.75, 3.05) is 32.1 Å². The zero-order valence-corrected chi connectivity index (χ0v) is 16.0. The van der Waals surface area contributed by atoms with Crippen molar-refractivity contribution >= 4 is 29.5 Å². The standard InChI is InChI=1S/C17H28ClN3O4/c1-17(2,3)21-11-12(10-14(21)22)15(23)19-13-4-7-20(8-5-13)16(24)25-9-6-18/h12-13H,4-11H2,1-3H3,(H,19,23). The van der Waals surface area contributed by atoms with Gasteiger partial charge in [-0.15, -0.1) is 11.6 Å². The summed E-state index contributed by atoms with van der Waals surface area (Å²) in [7, 11) is 0. The van der Waals surface area contributed by atoms with E-state index in [0.717, 1.165) is 0 Å². The third-order valence-electron chi connectivity index (χ3n) is 4.71. The van der Waals surface area contributed by atoms with Gasteiger partial charge in [0.2, 0.25) is 11.8 Å². The Morgan fingerprint density at radius 1 is 1.28 bits per heavy atom. The Morgan fingerprint density at radius 3 is 2.44 bits per heavy atom. The molecule has 1 unspecified atom stereocenters. The van der Waals surface area contributed by atoms with E-state index in [2.05, 4.69) is 5.32 Å². The fraction of sp³-hybridized carbons (Fsp3) is 0.824. The van der Waals surface area contributed by atoms with Gasteiger partial charge in [-0.25, -0.2) is 4.79 Å². The van der Waals surface area contributed by atoms with Crippen molar-refractivity contribution in [3.8, 4) is 0 Å². The largest absolute Gasteiger partial charge is 0.448 e. The van der Waals surface area contributed by atoms with E-state index in [1.54, 1.807) is 9.80 Å². The summed E-state index contributed by atoms with van der Waals surface area (Å²) in [5.41, 5.74) is -0.263. The number of rotatable bonds is 4. The predicted molar refractivity (Wildman–Crippen MR) is 94.4 cm³/mol. The van der Waals surface area contributed by atoms with E-state index >= 15 is 0 Å². The van der Waals surface area contributed by atoms with Gasteiger partial charge in [0.1, 0.15) is 6.61 Å². The summed E-state index contributed by atoms with van der Waals surface area (Å²) in [6.07, 6.45) is 1.29. The molecule has 0 aromatic rings. The van der Waals surface area contributed by atoms with E-state index in [1.165, 1.54) is 0 Å². The molecule has 1 N–H and O–H groups in total. The molecule has 2 aliphatic rings. The van der Waals surface area contributed by atoms with Crippen LogP contribution < -0.4 is 5.32 Å². The van der Waals surface area contributed by atoms with E-state index in [-0.39, 0.29) is 54.3 Å². The minimum Gasteiger partial charge on any atom is -0.448 e. The number of likely N-dealkylation sites (tertiary alicyclic amines) is 2. The molecule has 1 atom stereocenters. The number of alkyl halides is 1.